The molecule has 148 valence electrons. The third kappa shape index (κ3) is 6.13. The molecule has 1 heterocycles. The van der Waals surface area contributed by atoms with E-state index in [0.29, 0.717) is 11.8 Å². The molecule has 0 saturated heterocycles. The summed E-state index contributed by atoms with van der Waals surface area (Å²) in [6.07, 6.45) is 3.66. The Morgan fingerprint density at radius 3 is 1.54 bits per heavy atom. The van der Waals surface area contributed by atoms with Gasteiger partial charge in [0.25, 0.3) is 0 Å². The van der Waals surface area contributed by atoms with Gasteiger partial charge in [0.2, 0.25) is 5.69 Å². The van der Waals surface area contributed by atoms with Crippen LogP contribution in [0.25, 0.3) is 0 Å². The molecule has 0 spiro atoms. The Bertz CT molecular complexity index is 626. The third-order valence-electron chi connectivity index (χ3n) is 4.60. The lowest BCUT2D eigenvalue weighted by atomic mass is 9.84. The predicted molar refractivity (Wildman–Crippen MR) is 103 cm³/mol. The molecule has 0 radical (unpaired) electrons. The smallest absolute Gasteiger partial charge is 0.418 e. The first-order chi connectivity index (χ1) is 11.6. The van der Waals surface area contributed by atoms with Gasteiger partial charge in [-0.3, -0.25) is 0 Å². The average Bonchev–Trinajstić information content (AvgIpc) is 2.63. The van der Waals surface area contributed by atoms with E-state index in [0.717, 1.165) is 0 Å². The van der Waals surface area contributed by atoms with Gasteiger partial charge >= 0.3 is 7.25 Å². The van der Waals surface area contributed by atoms with Crippen molar-refractivity contribution >= 4 is 19.2 Å². The number of para-hydroxylation sites is 1. The van der Waals surface area contributed by atoms with Crippen LogP contribution in [0.5, 0.6) is 0 Å². The first kappa shape index (κ1) is 22.7. The Labute approximate surface area is 155 Å². The van der Waals surface area contributed by atoms with Crippen LogP contribution in [0.15, 0.2) is 18.2 Å². The van der Waals surface area contributed by atoms with Crippen LogP contribution in [0, 0.1) is 5.41 Å². The summed E-state index contributed by atoms with van der Waals surface area (Å²) in [5.41, 5.74) is 4.85. The Hall–Kier alpha value is -1.33. The molecular weight excluding hydrogens is 341 g/mol. The zero-order valence-corrected chi connectivity index (χ0v) is 17.2. The molecule has 0 N–H and O–H groups in total. The molecule has 1 nitrogen and oxygen atoms in total. The highest BCUT2D eigenvalue weighted by atomic mass is 19.5. The summed E-state index contributed by atoms with van der Waals surface area (Å²) in [4.78, 5) is 0. The van der Waals surface area contributed by atoms with Crippen molar-refractivity contribution in [2.45, 2.75) is 79.2 Å². The first-order valence-corrected chi connectivity index (χ1v) is 9.20. The van der Waals surface area contributed by atoms with Crippen molar-refractivity contribution in [1.82, 2.24) is 0 Å². The number of nitrogens with zero attached hydrogens (tertiary/aromatic N) is 1. The monoisotopic (exact) mass is 373 g/mol. The second-order valence-electron chi connectivity index (χ2n) is 9.07. The van der Waals surface area contributed by atoms with Crippen LogP contribution in [0.3, 0.4) is 0 Å². The lowest BCUT2D eigenvalue weighted by Gasteiger charge is -2.23. The predicted octanol–water partition coefficient (Wildman–Crippen LogP) is 7.16. The zero-order valence-electron chi connectivity index (χ0n) is 17.2. The molecule has 0 atom stereocenters. The lowest BCUT2D eigenvalue weighted by Crippen LogP contribution is -2.30. The number of rotatable bonds is 3. The van der Waals surface area contributed by atoms with E-state index >= 15 is 0 Å². The maximum absolute atomic E-state index is 9.75. The van der Waals surface area contributed by atoms with Crippen LogP contribution < -0.4 is 0 Å². The summed E-state index contributed by atoms with van der Waals surface area (Å²) in [6, 6.07) is 6.84. The average molecular weight is 373 g/mol. The van der Waals surface area contributed by atoms with Crippen molar-refractivity contribution in [3.63, 3.8) is 0 Å². The number of hydrogen-bond acceptors (Lipinski definition) is 0. The van der Waals surface area contributed by atoms with E-state index < -0.39 is 7.25 Å². The molecule has 6 heteroatoms. The van der Waals surface area contributed by atoms with Crippen molar-refractivity contribution < 1.29 is 21.8 Å². The van der Waals surface area contributed by atoms with Crippen molar-refractivity contribution in [1.29, 1.82) is 0 Å². The molecule has 1 aliphatic rings. The minimum atomic E-state index is -6.00. The lowest BCUT2D eigenvalue weighted by molar-refractivity contribution is -0.513. The van der Waals surface area contributed by atoms with E-state index in [1.807, 2.05) is 0 Å². The van der Waals surface area contributed by atoms with Gasteiger partial charge in [0.05, 0.1) is 0 Å². The first-order valence-electron chi connectivity index (χ1n) is 9.20. The largest absolute Gasteiger partial charge is 0.673 e. The third-order valence-corrected chi connectivity index (χ3v) is 4.60. The highest BCUT2D eigenvalue weighted by Gasteiger charge is 2.47. The topological polar surface area (TPSA) is 3.01 Å². The maximum atomic E-state index is 9.75. The SMILES string of the molecule is CC(C)c1cccc(C(C)C)c1[N+]1=CC(C)(C)CC1(C)C.F[B-](F)(F)F. The molecular formula is C20H32BF4N. The zero-order chi connectivity index (χ0) is 20.5. The highest BCUT2D eigenvalue weighted by molar-refractivity contribution is 6.50. The van der Waals surface area contributed by atoms with Crippen molar-refractivity contribution in [2.75, 3.05) is 0 Å². The van der Waals surface area contributed by atoms with E-state index in [4.69, 9.17) is 0 Å². The van der Waals surface area contributed by atoms with E-state index in [1.54, 1.807) is 0 Å². The van der Waals surface area contributed by atoms with E-state index in [1.165, 1.54) is 23.2 Å². The second-order valence-corrected chi connectivity index (χ2v) is 9.07. The van der Waals surface area contributed by atoms with Gasteiger partial charge < -0.3 is 17.3 Å². The van der Waals surface area contributed by atoms with Crippen LogP contribution in [-0.4, -0.2) is 23.6 Å². The van der Waals surface area contributed by atoms with Crippen LogP contribution in [0.4, 0.5) is 23.0 Å². The van der Waals surface area contributed by atoms with E-state index in [-0.39, 0.29) is 11.0 Å². The van der Waals surface area contributed by atoms with Crippen molar-refractivity contribution in [3.05, 3.63) is 29.3 Å². The Morgan fingerprint density at radius 1 is 0.885 bits per heavy atom. The minimum Gasteiger partial charge on any atom is -0.418 e. The molecule has 1 aromatic carbocycles. The molecule has 1 aromatic rings. The summed E-state index contributed by atoms with van der Waals surface area (Å²) >= 11 is 0. The fourth-order valence-electron chi connectivity index (χ4n) is 3.93. The maximum Gasteiger partial charge on any atom is 0.673 e. The molecule has 0 aliphatic carbocycles. The molecule has 0 bridgehead atoms. The Kier molecular flexibility index (Phi) is 6.76. The van der Waals surface area contributed by atoms with Gasteiger partial charge in [-0.05, 0) is 11.8 Å². The second kappa shape index (κ2) is 7.73. The van der Waals surface area contributed by atoms with Gasteiger partial charge in [-0.15, -0.1) is 0 Å². The molecule has 0 amide bonds. The summed E-state index contributed by atoms with van der Waals surface area (Å²) in [5.74, 6) is 1.10. The van der Waals surface area contributed by atoms with Gasteiger partial charge in [-0.1, -0.05) is 59.7 Å². The van der Waals surface area contributed by atoms with Crippen molar-refractivity contribution in [2.24, 2.45) is 5.41 Å². The van der Waals surface area contributed by atoms with Crippen LogP contribution >= 0.6 is 0 Å². The minimum absolute atomic E-state index is 0.179. The number of benzene rings is 1. The standard InChI is InChI=1S/C20H32N.BF4/c1-14(2)16-10-9-11-17(15(3)4)18(16)21-13-19(5,6)12-20(21,7)8;2-1(3,4)5/h9-11,13-15H,12H2,1-8H3;/q+1;-1. The highest BCUT2D eigenvalue weighted by Crippen LogP contribution is 2.43. The van der Waals surface area contributed by atoms with E-state index in [2.05, 4.69) is 84.4 Å². The molecule has 0 saturated carbocycles. The quantitative estimate of drug-likeness (QED) is 0.300. The number of halogens is 4. The van der Waals surface area contributed by atoms with E-state index in [9.17, 15) is 17.3 Å². The van der Waals surface area contributed by atoms with Gasteiger partial charge in [-0.25, -0.2) is 0 Å². The molecule has 1 aliphatic heterocycles. The van der Waals surface area contributed by atoms with Crippen LogP contribution in [-0.2, 0) is 0 Å². The van der Waals surface area contributed by atoms with Crippen LogP contribution in [0.2, 0.25) is 0 Å². The van der Waals surface area contributed by atoms with Gasteiger partial charge in [0, 0.05) is 36.8 Å². The summed E-state index contributed by atoms with van der Waals surface area (Å²) in [5, 5.41) is 0. The van der Waals surface area contributed by atoms with Gasteiger partial charge in [0.15, 0.2) is 11.8 Å². The summed E-state index contributed by atoms with van der Waals surface area (Å²) in [6.45, 7) is 18.7. The number of hydrogen-bond donors (Lipinski definition) is 0. The normalized spacial score (nSPS) is 18.6. The van der Waals surface area contributed by atoms with Crippen LogP contribution in [0.1, 0.15) is 84.8 Å². The summed E-state index contributed by atoms with van der Waals surface area (Å²) in [7, 11) is -6.00. The fourth-order valence-corrected chi connectivity index (χ4v) is 3.93. The molecule has 26 heavy (non-hydrogen) atoms. The van der Waals surface area contributed by atoms with Gasteiger partial charge in [0.1, 0.15) is 0 Å². The molecule has 0 aromatic heterocycles. The molecule has 0 unspecified atom stereocenters. The summed E-state index contributed by atoms with van der Waals surface area (Å²) < 4.78 is 41.6. The Morgan fingerprint density at radius 2 is 1.27 bits per heavy atom. The molecule has 0 fully saturated rings. The van der Waals surface area contributed by atoms with Gasteiger partial charge in [-0.2, -0.15) is 4.58 Å². The fraction of sp³-hybridized carbons (Fsp3) is 0.650. The molecule has 2 rings (SSSR count). The van der Waals surface area contributed by atoms with Crippen molar-refractivity contribution in [3.8, 4) is 0 Å². The Balaban J connectivity index is 0.000000597.